The lowest BCUT2D eigenvalue weighted by molar-refractivity contribution is -0.136. The first-order valence-electron chi connectivity index (χ1n) is 5.90. The summed E-state index contributed by atoms with van der Waals surface area (Å²) in [6, 6.07) is 2.99. The maximum absolute atomic E-state index is 12.0. The third-order valence-corrected chi connectivity index (χ3v) is 5.43. The molecule has 0 fully saturated rings. The van der Waals surface area contributed by atoms with Crippen LogP contribution < -0.4 is 4.72 Å². The summed E-state index contributed by atoms with van der Waals surface area (Å²) in [7, 11) is -3.52. The normalized spacial score (nSPS) is 12.6. The van der Waals surface area contributed by atoms with Gasteiger partial charge in [0.15, 0.2) is 0 Å². The van der Waals surface area contributed by atoms with Crippen molar-refractivity contribution in [1.82, 2.24) is 4.72 Å². The number of hydrogen-bond acceptors (Lipinski definition) is 4. The van der Waals surface area contributed by atoms with Crippen LogP contribution in [0.3, 0.4) is 0 Å². The molecule has 0 saturated heterocycles. The minimum Gasteiger partial charge on any atom is -0.481 e. The van der Waals surface area contributed by atoms with Gasteiger partial charge in [-0.3, -0.25) is 4.79 Å². The summed E-state index contributed by atoms with van der Waals surface area (Å²) in [6.45, 7) is 6.49. The van der Waals surface area contributed by atoms with Gasteiger partial charge in [0, 0.05) is 11.4 Å². The molecule has 0 aliphatic carbocycles. The van der Waals surface area contributed by atoms with Crippen molar-refractivity contribution in [2.75, 3.05) is 6.54 Å². The van der Waals surface area contributed by atoms with E-state index in [9.17, 15) is 13.2 Å². The van der Waals surface area contributed by atoms with Gasteiger partial charge in [-0.25, -0.2) is 13.1 Å². The highest BCUT2D eigenvalue weighted by molar-refractivity contribution is 7.91. The second-order valence-electron chi connectivity index (χ2n) is 5.50. The van der Waals surface area contributed by atoms with Gasteiger partial charge in [0.25, 0.3) is 0 Å². The molecule has 0 spiro atoms. The molecule has 0 bridgehead atoms. The first kappa shape index (κ1) is 16.1. The van der Waals surface area contributed by atoms with Gasteiger partial charge in [0.2, 0.25) is 10.0 Å². The van der Waals surface area contributed by atoms with Crippen molar-refractivity contribution in [3.05, 3.63) is 17.0 Å². The first-order valence-corrected chi connectivity index (χ1v) is 8.20. The van der Waals surface area contributed by atoms with Crippen LogP contribution in [0.1, 0.15) is 32.1 Å². The summed E-state index contributed by atoms with van der Waals surface area (Å²) in [4.78, 5) is 11.1. The smallest absolute Gasteiger partial charge is 0.308 e. The fraction of sp³-hybridized carbons (Fsp3) is 0.583. The molecule has 0 saturated carbocycles. The van der Waals surface area contributed by atoms with Crippen LogP contribution in [0.25, 0.3) is 0 Å². The molecule has 1 aromatic rings. The third-order valence-electron chi connectivity index (χ3n) is 2.39. The molecule has 0 aliphatic rings. The molecule has 0 atom stereocenters. The largest absolute Gasteiger partial charge is 0.481 e. The van der Waals surface area contributed by atoms with Gasteiger partial charge in [0.05, 0.1) is 6.42 Å². The van der Waals surface area contributed by atoms with Gasteiger partial charge in [0.1, 0.15) is 4.21 Å². The molecule has 0 unspecified atom stereocenters. The van der Waals surface area contributed by atoms with Crippen LogP contribution >= 0.6 is 11.3 Å². The SMILES string of the molecule is CC(C)(C)CCNS(=O)(=O)c1ccc(CC(=O)O)s1. The Morgan fingerprint density at radius 3 is 2.53 bits per heavy atom. The summed E-state index contributed by atoms with van der Waals surface area (Å²) in [6.07, 6.45) is 0.585. The van der Waals surface area contributed by atoms with Crippen molar-refractivity contribution in [3.8, 4) is 0 Å². The maximum atomic E-state index is 12.0. The van der Waals surface area contributed by atoms with Gasteiger partial charge in [-0.1, -0.05) is 20.8 Å². The van der Waals surface area contributed by atoms with Crippen LogP contribution in [0.2, 0.25) is 0 Å². The van der Waals surface area contributed by atoms with Crippen LogP contribution in [0.4, 0.5) is 0 Å². The molecule has 0 aromatic carbocycles. The zero-order valence-electron chi connectivity index (χ0n) is 11.3. The topological polar surface area (TPSA) is 83.5 Å². The number of nitrogens with one attached hydrogen (secondary N) is 1. The zero-order chi connectivity index (χ0) is 14.7. The zero-order valence-corrected chi connectivity index (χ0v) is 12.9. The number of rotatable bonds is 6. The molecular formula is C12H19NO4S2. The fourth-order valence-electron chi connectivity index (χ4n) is 1.38. The summed E-state index contributed by atoms with van der Waals surface area (Å²) < 4.78 is 26.6. The molecule has 0 radical (unpaired) electrons. The Morgan fingerprint density at radius 1 is 1.37 bits per heavy atom. The summed E-state index contributed by atoms with van der Waals surface area (Å²) >= 11 is 0.995. The Labute approximate surface area is 117 Å². The second kappa shape index (κ2) is 6.02. The predicted octanol–water partition coefficient (Wildman–Crippen LogP) is 2.09. The molecule has 19 heavy (non-hydrogen) atoms. The highest BCUT2D eigenvalue weighted by Crippen LogP contribution is 2.23. The Morgan fingerprint density at radius 2 is 2.00 bits per heavy atom. The monoisotopic (exact) mass is 305 g/mol. The number of carboxylic acid groups (broad SMARTS) is 1. The average Bonchev–Trinajstić information content (AvgIpc) is 2.63. The molecule has 7 heteroatoms. The average molecular weight is 305 g/mol. The number of hydrogen-bond donors (Lipinski definition) is 2. The number of carbonyl (C=O) groups is 1. The van der Waals surface area contributed by atoms with E-state index in [0.717, 1.165) is 17.8 Å². The number of thiophene rings is 1. The molecule has 5 nitrogen and oxygen atoms in total. The third kappa shape index (κ3) is 5.71. The number of aliphatic carboxylic acids is 1. The van der Waals surface area contributed by atoms with E-state index in [0.29, 0.717) is 11.4 Å². The molecule has 0 aliphatic heterocycles. The fourth-order valence-corrected chi connectivity index (χ4v) is 3.80. The van der Waals surface area contributed by atoms with Crippen molar-refractivity contribution in [1.29, 1.82) is 0 Å². The van der Waals surface area contributed by atoms with Crippen molar-refractivity contribution < 1.29 is 18.3 Å². The van der Waals surface area contributed by atoms with Crippen LogP contribution in [-0.2, 0) is 21.2 Å². The second-order valence-corrected chi connectivity index (χ2v) is 8.66. The Balaban J connectivity index is 2.67. The Hall–Kier alpha value is -0.920. The van der Waals surface area contributed by atoms with Crippen LogP contribution in [0.15, 0.2) is 16.3 Å². The Kier molecular flexibility index (Phi) is 5.11. The molecule has 1 aromatic heterocycles. The standard InChI is InChI=1S/C12H19NO4S2/c1-12(2,3)6-7-13-19(16,17)11-5-4-9(18-11)8-10(14)15/h4-5,13H,6-8H2,1-3H3,(H,14,15). The van der Waals surface area contributed by atoms with Gasteiger partial charge < -0.3 is 5.11 Å². The predicted molar refractivity (Wildman–Crippen MR) is 74.9 cm³/mol. The maximum Gasteiger partial charge on any atom is 0.308 e. The lowest BCUT2D eigenvalue weighted by atomic mass is 9.93. The number of sulfonamides is 1. The lowest BCUT2D eigenvalue weighted by Gasteiger charge is -2.17. The summed E-state index contributed by atoms with van der Waals surface area (Å²) in [5.74, 6) is -0.966. The van der Waals surface area contributed by atoms with Crippen molar-refractivity contribution in [2.24, 2.45) is 5.41 Å². The van der Waals surface area contributed by atoms with Crippen LogP contribution in [0, 0.1) is 5.41 Å². The first-order chi connectivity index (χ1) is 8.60. The van der Waals surface area contributed by atoms with E-state index in [-0.39, 0.29) is 16.0 Å². The molecule has 108 valence electrons. The van der Waals surface area contributed by atoms with Crippen molar-refractivity contribution in [3.63, 3.8) is 0 Å². The van der Waals surface area contributed by atoms with E-state index >= 15 is 0 Å². The minimum atomic E-state index is -3.52. The quantitative estimate of drug-likeness (QED) is 0.843. The van der Waals surface area contributed by atoms with Gasteiger partial charge >= 0.3 is 5.97 Å². The van der Waals surface area contributed by atoms with E-state index in [4.69, 9.17) is 5.11 Å². The van der Waals surface area contributed by atoms with E-state index in [2.05, 4.69) is 4.72 Å². The Bertz CT molecular complexity index is 540. The van der Waals surface area contributed by atoms with Gasteiger partial charge in [-0.05, 0) is 24.0 Å². The van der Waals surface area contributed by atoms with Gasteiger partial charge in [-0.2, -0.15) is 0 Å². The number of carboxylic acids is 1. The van der Waals surface area contributed by atoms with E-state index in [1.165, 1.54) is 12.1 Å². The molecular weight excluding hydrogens is 286 g/mol. The minimum absolute atomic E-state index is 0.0619. The van der Waals surface area contributed by atoms with E-state index in [1.54, 1.807) is 0 Å². The van der Waals surface area contributed by atoms with Crippen LogP contribution in [-0.4, -0.2) is 26.0 Å². The van der Waals surface area contributed by atoms with E-state index < -0.39 is 16.0 Å². The van der Waals surface area contributed by atoms with Crippen molar-refractivity contribution >= 4 is 27.3 Å². The highest BCUT2D eigenvalue weighted by Gasteiger charge is 2.18. The molecule has 2 N–H and O–H groups in total. The summed E-state index contributed by atoms with van der Waals surface area (Å²) in [5.41, 5.74) is 0.0619. The molecule has 0 amide bonds. The van der Waals surface area contributed by atoms with Gasteiger partial charge in [-0.15, -0.1) is 11.3 Å². The van der Waals surface area contributed by atoms with Crippen molar-refractivity contribution in [2.45, 2.75) is 37.8 Å². The van der Waals surface area contributed by atoms with E-state index in [1.807, 2.05) is 20.8 Å². The lowest BCUT2D eigenvalue weighted by Crippen LogP contribution is -2.26. The molecule has 1 rings (SSSR count). The summed E-state index contributed by atoms with van der Waals surface area (Å²) in [5, 5.41) is 8.65. The van der Waals surface area contributed by atoms with Crippen LogP contribution in [0.5, 0.6) is 0 Å². The highest BCUT2D eigenvalue weighted by atomic mass is 32.2. The molecule has 1 heterocycles.